The van der Waals surface area contributed by atoms with Gasteiger partial charge in [-0.3, -0.25) is 0 Å². The van der Waals surface area contributed by atoms with E-state index in [2.05, 4.69) is 35.7 Å². The average Bonchev–Trinajstić information content (AvgIpc) is 2.96. The van der Waals surface area contributed by atoms with E-state index in [0.29, 0.717) is 48.3 Å². The summed E-state index contributed by atoms with van der Waals surface area (Å²) >= 11 is 0. The van der Waals surface area contributed by atoms with E-state index in [1.807, 2.05) is 24.3 Å². The lowest BCUT2D eigenvalue weighted by molar-refractivity contribution is 0.291. The summed E-state index contributed by atoms with van der Waals surface area (Å²) in [7, 11) is 0. The molecule has 0 unspecified atom stereocenters. The van der Waals surface area contributed by atoms with E-state index in [0.717, 1.165) is 44.3 Å². The summed E-state index contributed by atoms with van der Waals surface area (Å²) in [6.07, 6.45) is 13.5. The van der Waals surface area contributed by atoms with Crippen LogP contribution in [0.5, 0.6) is 23.0 Å². The molecule has 1 heterocycles. The number of phenols is 1. The van der Waals surface area contributed by atoms with Crippen molar-refractivity contribution in [3.8, 4) is 45.8 Å². The number of hydrogen-bond acceptors (Lipinski definition) is 8. The Hall–Kier alpha value is -3.55. The Bertz CT molecular complexity index is 1190. The topological polar surface area (TPSA) is 113 Å². The molecule has 0 atom stereocenters. The van der Waals surface area contributed by atoms with Gasteiger partial charge in [0.25, 0.3) is 0 Å². The zero-order valence-electron chi connectivity index (χ0n) is 25.2. The quantitative estimate of drug-likeness (QED) is 0.132. The number of hydrogen-bond donors (Lipinski definition) is 2. The molecule has 0 aliphatic heterocycles. The normalized spacial score (nSPS) is 11.0. The van der Waals surface area contributed by atoms with E-state index >= 15 is 0 Å². The molecule has 3 aromatic rings. The molecule has 0 aliphatic carbocycles. The Kier molecular flexibility index (Phi) is 14.0. The molecular formula is C33H48N4O4. The van der Waals surface area contributed by atoms with Crippen molar-refractivity contribution in [2.45, 2.75) is 97.8 Å². The van der Waals surface area contributed by atoms with Gasteiger partial charge in [0.15, 0.2) is 11.6 Å². The van der Waals surface area contributed by atoms with Gasteiger partial charge in [0.05, 0.1) is 30.9 Å². The van der Waals surface area contributed by atoms with Gasteiger partial charge >= 0.3 is 0 Å². The number of benzene rings is 2. The van der Waals surface area contributed by atoms with E-state index < -0.39 is 0 Å². The van der Waals surface area contributed by atoms with Gasteiger partial charge in [-0.25, -0.2) is 4.98 Å². The van der Waals surface area contributed by atoms with Gasteiger partial charge in [0.1, 0.15) is 23.0 Å². The first-order valence-electron chi connectivity index (χ1n) is 15.4. The number of ether oxygens (including phenoxy) is 3. The Labute approximate surface area is 245 Å². The molecule has 0 saturated heterocycles. The highest BCUT2D eigenvalue weighted by atomic mass is 16.5. The third-order valence-electron chi connectivity index (χ3n) is 6.85. The Morgan fingerprint density at radius 3 is 1.61 bits per heavy atom. The minimum atomic E-state index is 0.0202. The standard InChI is InChI=1S/C33H48N4O4/c1-4-7-10-13-20-39-25-16-18-27(29(38)23-25)31-35-32(37-33(34)36-31)28-19-17-26(40-21-14-11-8-5-2)24-30(28)41-22-15-12-9-6-3/h16-19,23-24,38H,4-15,20-22H2,1-3H3,(H2,34,35,36,37). The van der Waals surface area contributed by atoms with Crippen LogP contribution < -0.4 is 19.9 Å². The maximum Gasteiger partial charge on any atom is 0.224 e. The molecule has 1 aromatic heterocycles. The summed E-state index contributed by atoms with van der Waals surface area (Å²) in [5, 5.41) is 10.8. The predicted molar refractivity (Wildman–Crippen MR) is 166 cm³/mol. The lowest BCUT2D eigenvalue weighted by Crippen LogP contribution is -2.05. The Balaban J connectivity index is 1.81. The number of aromatic nitrogens is 3. The number of phenolic OH excluding ortho intramolecular Hbond substituents is 1. The van der Waals surface area contributed by atoms with E-state index in [1.165, 1.54) is 38.5 Å². The number of nitrogen functional groups attached to an aromatic ring is 1. The van der Waals surface area contributed by atoms with Crippen LogP contribution >= 0.6 is 0 Å². The number of nitrogens with two attached hydrogens (primary N) is 1. The summed E-state index contributed by atoms with van der Waals surface area (Å²) in [4.78, 5) is 13.4. The smallest absolute Gasteiger partial charge is 0.224 e. The average molecular weight is 565 g/mol. The summed E-state index contributed by atoms with van der Waals surface area (Å²) in [6, 6.07) is 10.9. The van der Waals surface area contributed by atoms with Crippen molar-refractivity contribution in [2.24, 2.45) is 0 Å². The van der Waals surface area contributed by atoms with Gasteiger partial charge in [0, 0.05) is 12.1 Å². The highest BCUT2D eigenvalue weighted by molar-refractivity contribution is 5.71. The second-order valence-corrected chi connectivity index (χ2v) is 10.4. The van der Waals surface area contributed by atoms with Crippen LogP contribution in [0.25, 0.3) is 22.8 Å². The van der Waals surface area contributed by atoms with E-state index in [-0.39, 0.29) is 17.5 Å². The molecule has 224 valence electrons. The molecule has 0 radical (unpaired) electrons. The zero-order valence-corrected chi connectivity index (χ0v) is 25.2. The fourth-order valence-corrected chi connectivity index (χ4v) is 4.47. The lowest BCUT2D eigenvalue weighted by Gasteiger charge is -2.14. The molecule has 0 bridgehead atoms. The first-order chi connectivity index (χ1) is 20.0. The number of aromatic hydroxyl groups is 1. The highest BCUT2D eigenvalue weighted by Crippen LogP contribution is 2.35. The summed E-state index contributed by atoms with van der Waals surface area (Å²) in [6.45, 7) is 8.43. The highest BCUT2D eigenvalue weighted by Gasteiger charge is 2.17. The van der Waals surface area contributed by atoms with Gasteiger partial charge < -0.3 is 25.1 Å². The van der Waals surface area contributed by atoms with E-state index in [1.54, 1.807) is 12.1 Å². The fourth-order valence-electron chi connectivity index (χ4n) is 4.47. The van der Waals surface area contributed by atoms with Crippen LogP contribution in [0.2, 0.25) is 0 Å². The largest absolute Gasteiger partial charge is 0.507 e. The second-order valence-electron chi connectivity index (χ2n) is 10.4. The molecule has 0 fully saturated rings. The van der Waals surface area contributed by atoms with Crippen molar-refractivity contribution < 1.29 is 19.3 Å². The van der Waals surface area contributed by atoms with Gasteiger partial charge in [-0.1, -0.05) is 78.6 Å². The van der Waals surface area contributed by atoms with Gasteiger partial charge in [-0.05, 0) is 43.5 Å². The van der Waals surface area contributed by atoms with Crippen LogP contribution in [0, 0.1) is 0 Å². The SMILES string of the molecule is CCCCCCOc1ccc(-c2nc(N)nc(-c3ccc(OCCCCCC)cc3OCCCCCC)n2)c(O)c1. The molecule has 3 N–H and O–H groups in total. The molecule has 8 nitrogen and oxygen atoms in total. The van der Waals surface area contributed by atoms with Crippen LogP contribution in [-0.4, -0.2) is 39.9 Å². The van der Waals surface area contributed by atoms with Crippen molar-refractivity contribution in [3.63, 3.8) is 0 Å². The van der Waals surface area contributed by atoms with Crippen LogP contribution in [0.4, 0.5) is 5.95 Å². The molecule has 41 heavy (non-hydrogen) atoms. The van der Waals surface area contributed by atoms with Crippen molar-refractivity contribution in [1.29, 1.82) is 0 Å². The molecule has 0 saturated carbocycles. The summed E-state index contributed by atoms with van der Waals surface area (Å²) < 4.78 is 18.1. The Morgan fingerprint density at radius 2 is 1.07 bits per heavy atom. The van der Waals surface area contributed by atoms with Crippen LogP contribution in [0.1, 0.15) is 97.8 Å². The molecule has 0 aliphatic rings. The molecule has 2 aromatic carbocycles. The van der Waals surface area contributed by atoms with Crippen molar-refractivity contribution in [1.82, 2.24) is 15.0 Å². The monoisotopic (exact) mass is 564 g/mol. The van der Waals surface area contributed by atoms with Crippen LogP contribution in [0.15, 0.2) is 36.4 Å². The second kappa shape index (κ2) is 18.0. The summed E-state index contributed by atoms with van der Waals surface area (Å²) in [5.74, 6) is 2.73. The van der Waals surface area contributed by atoms with Crippen molar-refractivity contribution in [3.05, 3.63) is 36.4 Å². The zero-order chi connectivity index (χ0) is 29.3. The van der Waals surface area contributed by atoms with Gasteiger partial charge in [-0.2, -0.15) is 9.97 Å². The number of unbranched alkanes of at least 4 members (excludes halogenated alkanes) is 9. The number of anilines is 1. The van der Waals surface area contributed by atoms with E-state index in [4.69, 9.17) is 19.9 Å². The number of rotatable bonds is 20. The van der Waals surface area contributed by atoms with Crippen molar-refractivity contribution in [2.75, 3.05) is 25.6 Å². The minimum Gasteiger partial charge on any atom is -0.507 e. The van der Waals surface area contributed by atoms with E-state index in [9.17, 15) is 5.11 Å². The molecule has 0 spiro atoms. The molecule has 8 heteroatoms. The molecular weight excluding hydrogens is 516 g/mol. The van der Waals surface area contributed by atoms with Crippen molar-refractivity contribution >= 4 is 5.95 Å². The molecule has 0 amide bonds. The molecule has 3 rings (SSSR count). The maximum atomic E-state index is 10.8. The summed E-state index contributed by atoms with van der Waals surface area (Å²) in [5.41, 5.74) is 7.27. The first kappa shape index (κ1) is 32.0. The first-order valence-corrected chi connectivity index (χ1v) is 15.4. The van der Waals surface area contributed by atoms with Crippen LogP contribution in [-0.2, 0) is 0 Å². The lowest BCUT2D eigenvalue weighted by atomic mass is 10.1. The predicted octanol–water partition coefficient (Wildman–Crippen LogP) is 8.37. The van der Waals surface area contributed by atoms with Gasteiger partial charge in [0.2, 0.25) is 5.95 Å². The fraction of sp³-hybridized carbons (Fsp3) is 0.545. The number of nitrogens with zero attached hydrogens (tertiary/aromatic N) is 3. The minimum absolute atomic E-state index is 0.0202. The van der Waals surface area contributed by atoms with Gasteiger partial charge in [-0.15, -0.1) is 0 Å². The van der Waals surface area contributed by atoms with Crippen LogP contribution in [0.3, 0.4) is 0 Å². The maximum absolute atomic E-state index is 10.8. The third-order valence-corrected chi connectivity index (χ3v) is 6.85. The Morgan fingerprint density at radius 1 is 0.585 bits per heavy atom. The third kappa shape index (κ3) is 10.7.